The summed E-state index contributed by atoms with van der Waals surface area (Å²) in [5.41, 5.74) is 6.18. The number of carboxylic acids is 1. The van der Waals surface area contributed by atoms with Crippen LogP contribution in [0.5, 0.6) is 5.75 Å². The molecule has 0 aliphatic heterocycles. The molecule has 0 saturated heterocycles. The largest absolute Gasteiger partial charge is 0.482 e. The number of benzene rings is 2. The molecule has 0 bridgehead atoms. The third-order valence-electron chi connectivity index (χ3n) is 4.12. The summed E-state index contributed by atoms with van der Waals surface area (Å²) in [6.07, 6.45) is 1.87. The smallest absolute Gasteiger partial charge is 0.341 e. The minimum Gasteiger partial charge on any atom is -0.482 e. The Labute approximate surface area is 168 Å². The number of hydroxylamine groups is 1. The van der Waals surface area contributed by atoms with E-state index in [9.17, 15) is 4.79 Å². The molecule has 7 nitrogen and oxygen atoms in total. The van der Waals surface area contributed by atoms with E-state index >= 15 is 0 Å². The summed E-state index contributed by atoms with van der Waals surface area (Å²) in [6, 6.07) is 16.7. The van der Waals surface area contributed by atoms with Gasteiger partial charge in [0.15, 0.2) is 6.61 Å². The predicted molar refractivity (Wildman–Crippen MR) is 108 cm³/mol. The zero-order valence-corrected chi connectivity index (χ0v) is 16.2. The van der Waals surface area contributed by atoms with Gasteiger partial charge in [0.25, 0.3) is 0 Å². The van der Waals surface area contributed by atoms with E-state index in [0.717, 1.165) is 16.8 Å². The Morgan fingerprint density at radius 2 is 1.90 bits per heavy atom. The lowest BCUT2D eigenvalue weighted by Crippen LogP contribution is -2.13. The highest BCUT2D eigenvalue weighted by Gasteiger charge is 2.12. The Morgan fingerprint density at radius 1 is 1.17 bits per heavy atom. The van der Waals surface area contributed by atoms with Gasteiger partial charge in [-0.2, -0.15) is 0 Å². The van der Waals surface area contributed by atoms with Gasteiger partial charge in [-0.1, -0.05) is 24.3 Å². The molecule has 0 aliphatic carbocycles. The zero-order chi connectivity index (χ0) is 20.6. The maximum Gasteiger partial charge on any atom is 0.341 e. The quantitative estimate of drug-likeness (QED) is 0.525. The molecule has 0 fully saturated rings. The average Bonchev–Trinajstić information content (AvgIpc) is 3.11. The molecule has 0 saturated carbocycles. The van der Waals surface area contributed by atoms with Crippen LogP contribution in [0.3, 0.4) is 0 Å². The van der Waals surface area contributed by atoms with Crippen LogP contribution in [-0.2, 0) is 16.2 Å². The SMILES string of the molecule is CC=C(NOCc1nc(-c2ccccc2)oc1C)c1ccc(OCC(=O)O)cc1. The molecule has 1 heterocycles. The van der Waals surface area contributed by atoms with Crippen molar-refractivity contribution in [2.75, 3.05) is 6.61 Å². The number of ether oxygens (including phenoxy) is 1. The molecule has 2 N–H and O–H groups in total. The Balaban J connectivity index is 1.58. The summed E-state index contributed by atoms with van der Waals surface area (Å²) >= 11 is 0. The zero-order valence-electron chi connectivity index (χ0n) is 16.2. The third kappa shape index (κ3) is 5.46. The number of carbonyl (C=O) groups is 1. The van der Waals surface area contributed by atoms with Crippen LogP contribution in [0.2, 0.25) is 0 Å². The van der Waals surface area contributed by atoms with E-state index in [0.29, 0.717) is 23.1 Å². The van der Waals surface area contributed by atoms with Gasteiger partial charge in [-0.05, 0) is 55.8 Å². The number of aliphatic carboxylic acids is 1. The van der Waals surface area contributed by atoms with Gasteiger partial charge in [0, 0.05) is 5.56 Å². The third-order valence-corrected chi connectivity index (χ3v) is 4.12. The molecule has 3 aromatic rings. The van der Waals surface area contributed by atoms with Crippen molar-refractivity contribution in [1.82, 2.24) is 10.5 Å². The van der Waals surface area contributed by atoms with Crippen molar-refractivity contribution in [3.05, 3.63) is 77.7 Å². The second kappa shape index (κ2) is 9.57. The van der Waals surface area contributed by atoms with Gasteiger partial charge in [-0.3, -0.25) is 10.3 Å². The van der Waals surface area contributed by atoms with E-state index in [1.165, 1.54) is 0 Å². The van der Waals surface area contributed by atoms with Crippen molar-refractivity contribution < 1.29 is 23.9 Å². The summed E-state index contributed by atoms with van der Waals surface area (Å²) in [4.78, 5) is 20.7. The van der Waals surface area contributed by atoms with Gasteiger partial charge in [-0.15, -0.1) is 0 Å². The first-order valence-corrected chi connectivity index (χ1v) is 9.07. The van der Waals surface area contributed by atoms with Gasteiger partial charge >= 0.3 is 5.97 Å². The van der Waals surface area contributed by atoms with E-state index in [4.69, 9.17) is 19.1 Å². The lowest BCUT2D eigenvalue weighted by Gasteiger charge is -2.11. The summed E-state index contributed by atoms with van der Waals surface area (Å²) in [6.45, 7) is 3.60. The summed E-state index contributed by atoms with van der Waals surface area (Å²) in [5, 5.41) is 8.66. The van der Waals surface area contributed by atoms with Crippen LogP contribution in [0.15, 0.2) is 65.1 Å². The van der Waals surface area contributed by atoms with Gasteiger partial charge in [-0.25, -0.2) is 9.78 Å². The van der Waals surface area contributed by atoms with Gasteiger partial charge < -0.3 is 14.3 Å². The number of aromatic nitrogens is 1. The maximum atomic E-state index is 10.6. The number of nitrogens with one attached hydrogen (secondary N) is 1. The summed E-state index contributed by atoms with van der Waals surface area (Å²) in [5.74, 6) is 0.730. The molecule has 0 radical (unpaired) electrons. The van der Waals surface area contributed by atoms with Gasteiger partial charge in [0.05, 0.1) is 5.70 Å². The van der Waals surface area contributed by atoms with Crippen molar-refractivity contribution in [1.29, 1.82) is 0 Å². The number of oxazole rings is 1. The van der Waals surface area contributed by atoms with Crippen LogP contribution in [0.4, 0.5) is 0 Å². The lowest BCUT2D eigenvalue weighted by atomic mass is 10.1. The highest BCUT2D eigenvalue weighted by atomic mass is 16.6. The number of carboxylic acid groups (broad SMARTS) is 1. The predicted octanol–water partition coefficient (Wildman–Crippen LogP) is 4.20. The maximum absolute atomic E-state index is 10.6. The molecule has 0 atom stereocenters. The molecule has 0 amide bonds. The molecule has 1 aromatic heterocycles. The Morgan fingerprint density at radius 3 is 2.55 bits per heavy atom. The van der Waals surface area contributed by atoms with Crippen LogP contribution in [0, 0.1) is 6.92 Å². The van der Waals surface area contributed by atoms with E-state index in [-0.39, 0.29) is 13.2 Å². The Kier molecular flexibility index (Phi) is 6.65. The van der Waals surface area contributed by atoms with E-state index in [2.05, 4.69) is 10.5 Å². The molecule has 2 aromatic carbocycles. The fourth-order valence-corrected chi connectivity index (χ4v) is 2.61. The number of rotatable bonds is 9. The second-order valence-electron chi connectivity index (χ2n) is 6.19. The van der Waals surface area contributed by atoms with E-state index < -0.39 is 5.97 Å². The summed E-state index contributed by atoms with van der Waals surface area (Å²) in [7, 11) is 0. The molecular weight excluding hydrogens is 372 g/mol. The molecule has 3 rings (SSSR count). The van der Waals surface area contributed by atoms with Crippen molar-refractivity contribution in [2.45, 2.75) is 20.5 Å². The Hall–Kier alpha value is -3.58. The molecule has 7 heteroatoms. The molecule has 150 valence electrons. The molecular formula is C22H22N2O5. The average molecular weight is 394 g/mol. The van der Waals surface area contributed by atoms with Crippen LogP contribution in [-0.4, -0.2) is 22.7 Å². The second-order valence-corrected chi connectivity index (χ2v) is 6.19. The van der Waals surface area contributed by atoms with Crippen molar-refractivity contribution >= 4 is 11.7 Å². The van der Waals surface area contributed by atoms with Crippen LogP contribution in [0.25, 0.3) is 17.2 Å². The highest BCUT2D eigenvalue weighted by Crippen LogP contribution is 2.22. The minimum absolute atomic E-state index is 0.235. The van der Waals surface area contributed by atoms with Crippen LogP contribution in [0.1, 0.15) is 23.9 Å². The van der Waals surface area contributed by atoms with Gasteiger partial charge in [0.1, 0.15) is 23.8 Å². The van der Waals surface area contributed by atoms with Crippen LogP contribution < -0.4 is 10.2 Å². The molecule has 0 aliphatic rings. The first kappa shape index (κ1) is 20.2. The van der Waals surface area contributed by atoms with Crippen molar-refractivity contribution in [3.63, 3.8) is 0 Å². The molecule has 0 unspecified atom stereocenters. The number of allylic oxidation sites excluding steroid dienone is 1. The first-order valence-electron chi connectivity index (χ1n) is 9.07. The number of aryl methyl sites for hydroxylation is 1. The van der Waals surface area contributed by atoms with Gasteiger partial charge in [0.2, 0.25) is 5.89 Å². The number of hydrogen-bond donors (Lipinski definition) is 2. The fraction of sp³-hybridized carbons (Fsp3) is 0.182. The normalized spacial score (nSPS) is 11.3. The van der Waals surface area contributed by atoms with Crippen molar-refractivity contribution in [2.24, 2.45) is 0 Å². The topological polar surface area (TPSA) is 93.8 Å². The fourth-order valence-electron chi connectivity index (χ4n) is 2.61. The highest BCUT2D eigenvalue weighted by molar-refractivity contribution is 5.68. The van der Waals surface area contributed by atoms with Crippen LogP contribution >= 0.6 is 0 Å². The summed E-state index contributed by atoms with van der Waals surface area (Å²) < 4.78 is 10.9. The minimum atomic E-state index is -1.02. The monoisotopic (exact) mass is 394 g/mol. The first-order chi connectivity index (χ1) is 14.1. The van der Waals surface area contributed by atoms with E-state index in [1.807, 2.05) is 62.4 Å². The van der Waals surface area contributed by atoms with E-state index in [1.54, 1.807) is 12.1 Å². The van der Waals surface area contributed by atoms with Crippen molar-refractivity contribution in [3.8, 4) is 17.2 Å². The standard InChI is InChI=1S/C22H22N2O5/c1-3-19(16-9-11-18(12-10-16)27-14-21(25)26)24-28-13-20-15(2)29-22(23-20)17-7-5-4-6-8-17/h3-12,24H,13-14H2,1-2H3,(H,25,26). The molecule has 0 spiro atoms. The number of nitrogens with zero attached hydrogens (tertiary/aromatic N) is 1. The molecule has 29 heavy (non-hydrogen) atoms. The Bertz CT molecular complexity index is 978. The lowest BCUT2D eigenvalue weighted by molar-refractivity contribution is -0.139. The number of hydrogen-bond acceptors (Lipinski definition) is 6.